The van der Waals surface area contributed by atoms with Crippen LogP contribution in [0.4, 0.5) is 0 Å². The van der Waals surface area contributed by atoms with Gasteiger partial charge in [0.25, 0.3) is 0 Å². The van der Waals surface area contributed by atoms with Gasteiger partial charge in [0.05, 0.1) is 25.7 Å². The van der Waals surface area contributed by atoms with Crippen molar-refractivity contribution < 1.29 is 19.4 Å². The topological polar surface area (TPSA) is 59.0 Å². The van der Waals surface area contributed by atoms with Crippen molar-refractivity contribution in [2.75, 3.05) is 26.3 Å². The maximum Gasteiger partial charge on any atom is 0.307 e. The standard InChI is InChI=1S/C13H25NO4/c1-10-9-17-11(8-15)7-14(10)6-5-12(16)18-13(2,3)4/h10-11,15H,5-9H2,1-4H3. The van der Waals surface area contributed by atoms with Crippen molar-refractivity contribution in [1.29, 1.82) is 0 Å². The monoisotopic (exact) mass is 259 g/mol. The summed E-state index contributed by atoms with van der Waals surface area (Å²) in [6.45, 7) is 9.59. The fourth-order valence-electron chi connectivity index (χ4n) is 1.92. The van der Waals surface area contributed by atoms with Crippen LogP contribution in [0.15, 0.2) is 0 Å². The van der Waals surface area contributed by atoms with E-state index in [-0.39, 0.29) is 24.7 Å². The highest BCUT2D eigenvalue weighted by atomic mass is 16.6. The number of hydrogen-bond acceptors (Lipinski definition) is 5. The number of ether oxygens (including phenoxy) is 2. The van der Waals surface area contributed by atoms with Crippen molar-refractivity contribution in [2.45, 2.75) is 51.9 Å². The second kappa shape index (κ2) is 6.50. The van der Waals surface area contributed by atoms with Gasteiger partial charge in [0.15, 0.2) is 0 Å². The second-order valence-electron chi connectivity index (χ2n) is 5.82. The van der Waals surface area contributed by atoms with Gasteiger partial charge in [0, 0.05) is 19.1 Å². The van der Waals surface area contributed by atoms with Gasteiger partial charge >= 0.3 is 5.97 Å². The molecule has 2 atom stereocenters. The molecule has 1 heterocycles. The van der Waals surface area contributed by atoms with Gasteiger partial charge in [-0.2, -0.15) is 0 Å². The average Bonchev–Trinajstić information content (AvgIpc) is 2.25. The van der Waals surface area contributed by atoms with E-state index in [1.807, 2.05) is 20.8 Å². The van der Waals surface area contributed by atoms with Crippen molar-refractivity contribution in [2.24, 2.45) is 0 Å². The summed E-state index contributed by atoms with van der Waals surface area (Å²) < 4.78 is 10.7. The first-order valence-electron chi connectivity index (χ1n) is 6.50. The summed E-state index contributed by atoms with van der Waals surface area (Å²) in [6, 6.07) is 0.273. The molecule has 0 aromatic carbocycles. The molecule has 5 heteroatoms. The van der Waals surface area contributed by atoms with E-state index < -0.39 is 5.60 Å². The molecule has 0 amide bonds. The van der Waals surface area contributed by atoms with Crippen LogP contribution >= 0.6 is 0 Å². The summed E-state index contributed by atoms with van der Waals surface area (Å²) >= 11 is 0. The number of hydrogen-bond donors (Lipinski definition) is 1. The van der Waals surface area contributed by atoms with Gasteiger partial charge in [-0.25, -0.2) is 0 Å². The SMILES string of the molecule is CC1COC(CO)CN1CCC(=O)OC(C)(C)C. The fourth-order valence-corrected chi connectivity index (χ4v) is 1.92. The largest absolute Gasteiger partial charge is 0.460 e. The molecule has 0 radical (unpaired) electrons. The zero-order chi connectivity index (χ0) is 13.8. The Balaban J connectivity index is 2.35. The molecule has 106 valence electrons. The number of aliphatic hydroxyl groups is 1. The smallest absolute Gasteiger partial charge is 0.307 e. The van der Waals surface area contributed by atoms with Gasteiger partial charge in [-0.1, -0.05) is 0 Å². The summed E-state index contributed by atoms with van der Waals surface area (Å²) in [7, 11) is 0. The van der Waals surface area contributed by atoms with Crippen molar-refractivity contribution in [1.82, 2.24) is 4.90 Å². The fraction of sp³-hybridized carbons (Fsp3) is 0.923. The molecule has 1 aliphatic rings. The summed E-state index contributed by atoms with van der Waals surface area (Å²) in [5.41, 5.74) is -0.429. The van der Waals surface area contributed by atoms with Gasteiger partial charge in [0.1, 0.15) is 5.60 Å². The maximum atomic E-state index is 11.6. The molecule has 1 aliphatic heterocycles. The molecule has 1 N–H and O–H groups in total. The lowest BCUT2D eigenvalue weighted by Crippen LogP contribution is -2.50. The number of morpholine rings is 1. The minimum atomic E-state index is -0.429. The number of carbonyl (C=O) groups excluding carboxylic acids is 1. The van der Waals surface area contributed by atoms with Gasteiger partial charge in [-0.15, -0.1) is 0 Å². The minimum absolute atomic E-state index is 0.0235. The molecule has 0 spiro atoms. The first-order valence-corrected chi connectivity index (χ1v) is 6.50. The normalized spacial score (nSPS) is 26.1. The molecular formula is C13H25NO4. The van der Waals surface area contributed by atoms with Crippen molar-refractivity contribution >= 4 is 5.97 Å². The highest BCUT2D eigenvalue weighted by Crippen LogP contribution is 2.13. The number of rotatable bonds is 4. The number of aliphatic hydroxyl groups excluding tert-OH is 1. The van der Waals surface area contributed by atoms with Crippen LogP contribution in [0.2, 0.25) is 0 Å². The molecule has 0 bridgehead atoms. The molecule has 1 rings (SSSR count). The van der Waals surface area contributed by atoms with E-state index in [1.54, 1.807) is 0 Å². The lowest BCUT2D eigenvalue weighted by Gasteiger charge is -2.37. The van der Waals surface area contributed by atoms with Gasteiger partial charge in [0.2, 0.25) is 0 Å². The third-order valence-corrected chi connectivity index (χ3v) is 2.86. The van der Waals surface area contributed by atoms with Crippen LogP contribution in [-0.2, 0) is 14.3 Å². The van der Waals surface area contributed by atoms with E-state index >= 15 is 0 Å². The Morgan fingerprint density at radius 2 is 2.17 bits per heavy atom. The second-order valence-corrected chi connectivity index (χ2v) is 5.82. The molecular weight excluding hydrogens is 234 g/mol. The van der Waals surface area contributed by atoms with E-state index in [0.29, 0.717) is 26.1 Å². The lowest BCUT2D eigenvalue weighted by atomic mass is 10.2. The van der Waals surface area contributed by atoms with E-state index in [4.69, 9.17) is 14.6 Å². The molecule has 0 aromatic rings. The molecule has 5 nitrogen and oxygen atoms in total. The van der Waals surface area contributed by atoms with Crippen LogP contribution < -0.4 is 0 Å². The van der Waals surface area contributed by atoms with Crippen LogP contribution in [0.1, 0.15) is 34.1 Å². The number of nitrogens with zero attached hydrogens (tertiary/aromatic N) is 1. The zero-order valence-corrected chi connectivity index (χ0v) is 11.8. The first-order chi connectivity index (χ1) is 8.31. The Hall–Kier alpha value is -0.650. The third-order valence-electron chi connectivity index (χ3n) is 2.86. The molecule has 0 aromatic heterocycles. The highest BCUT2D eigenvalue weighted by Gasteiger charge is 2.26. The van der Waals surface area contributed by atoms with Crippen LogP contribution in [-0.4, -0.2) is 60.0 Å². The van der Waals surface area contributed by atoms with E-state index in [9.17, 15) is 4.79 Å². The molecule has 0 aliphatic carbocycles. The summed E-state index contributed by atoms with van der Waals surface area (Å²) in [5, 5.41) is 9.08. The van der Waals surface area contributed by atoms with Crippen LogP contribution in [0.3, 0.4) is 0 Å². The van der Waals surface area contributed by atoms with Crippen LogP contribution in [0, 0.1) is 0 Å². The first kappa shape index (κ1) is 15.4. The minimum Gasteiger partial charge on any atom is -0.460 e. The summed E-state index contributed by atoms with van der Waals surface area (Å²) in [6.07, 6.45) is 0.236. The molecule has 1 saturated heterocycles. The average molecular weight is 259 g/mol. The van der Waals surface area contributed by atoms with Crippen molar-refractivity contribution in [3.8, 4) is 0 Å². The molecule has 0 saturated carbocycles. The van der Waals surface area contributed by atoms with E-state index in [1.165, 1.54) is 0 Å². The lowest BCUT2D eigenvalue weighted by molar-refractivity contribution is -0.156. The van der Waals surface area contributed by atoms with E-state index in [2.05, 4.69) is 11.8 Å². The molecule has 18 heavy (non-hydrogen) atoms. The Morgan fingerprint density at radius 1 is 1.50 bits per heavy atom. The highest BCUT2D eigenvalue weighted by molar-refractivity contribution is 5.70. The van der Waals surface area contributed by atoms with Crippen LogP contribution in [0.25, 0.3) is 0 Å². The Bertz CT molecular complexity index is 275. The van der Waals surface area contributed by atoms with E-state index in [0.717, 1.165) is 0 Å². The van der Waals surface area contributed by atoms with Gasteiger partial charge < -0.3 is 14.6 Å². The maximum absolute atomic E-state index is 11.6. The number of esters is 1. The summed E-state index contributed by atoms with van der Waals surface area (Å²) in [5.74, 6) is -0.179. The van der Waals surface area contributed by atoms with Crippen molar-refractivity contribution in [3.05, 3.63) is 0 Å². The molecule has 1 fully saturated rings. The van der Waals surface area contributed by atoms with Gasteiger partial charge in [-0.3, -0.25) is 9.69 Å². The zero-order valence-electron chi connectivity index (χ0n) is 11.8. The number of carbonyl (C=O) groups is 1. The Kier molecular flexibility index (Phi) is 5.56. The predicted molar refractivity (Wildman–Crippen MR) is 68.3 cm³/mol. The van der Waals surface area contributed by atoms with Crippen LogP contribution in [0.5, 0.6) is 0 Å². The molecule has 2 unspecified atom stereocenters. The predicted octanol–water partition coefficient (Wildman–Crippen LogP) is 0.800. The van der Waals surface area contributed by atoms with Crippen molar-refractivity contribution in [3.63, 3.8) is 0 Å². The summed E-state index contributed by atoms with van der Waals surface area (Å²) in [4.78, 5) is 13.8. The third kappa shape index (κ3) is 5.33. The van der Waals surface area contributed by atoms with Gasteiger partial charge in [-0.05, 0) is 27.7 Å². The quantitative estimate of drug-likeness (QED) is 0.757. The Labute approximate surface area is 109 Å². The Morgan fingerprint density at radius 3 is 2.72 bits per heavy atom.